The van der Waals surface area contributed by atoms with Crippen LogP contribution in [0.2, 0.25) is 10.0 Å². The second kappa shape index (κ2) is 4.16. The first-order chi connectivity index (χ1) is 7.11. The van der Waals surface area contributed by atoms with Gasteiger partial charge in [-0.05, 0) is 12.1 Å². The third-order valence-corrected chi connectivity index (χ3v) is 2.99. The minimum absolute atomic E-state index is 0.126. The molecule has 0 aliphatic carbocycles. The molecule has 0 N–H and O–H groups in total. The zero-order chi connectivity index (χ0) is 11.0. The van der Waals surface area contributed by atoms with E-state index in [-0.39, 0.29) is 16.9 Å². The molecule has 1 aromatic heterocycles. The smallest absolute Gasteiger partial charge is 0.208 e. The van der Waals surface area contributed by atoms with E-state index >= 15 is 0 Å². The molecule has 2 rings (SSSR count). The minimum atomic E-state index is -0.126. The summed E-state index contributed by atoms with van der Waals surface area (Å²) in [6, 6.07) is 4.87. The molecule has 1 aromatic carbocycles. The predicted octanol–water partition coefficient (Wildman–Crippen LogP) is 4.32. The topological polar surface area (TPSA) is 30.2 Å². The zero-order valence-electron chi connectivity index (χ0n) is 7.39. The highest BCUT2D eigenvalue weighted by atomic mass is 79.9. The Balaban J connectivity index is 2.65. The van der Waals surface area contributed by atoms with Crippen LogP contribution in [-0.2, 0) is 0 Å². The van der Waals surface area contributed by atoms with Gasteiger partial charge in [0.2, 0.25) is 5.78 Å². The first kappa shape index (κ1) is 11.0. The van der Waals surface area contributed by atoms with Crippen molar-refractivity contribution < 1.29 is 9.21 Å². The number of carbonyl (C=O) groups excluding carboxylic acids is 1. The van der Waals surface area contributed by atoms with Crippen LogP contribution in [0.5, 0.6) is 0 Å². The van der Waals surface area contributed by atoms with E-state index in [1.54, 1.807) is 18.2 Å². The van der Waals surface area contributed by atoms with Crippen LogP contribution in [0, 0.1) is 0 Å². The van der Waals surface area contributed by atoms with Crippen molar-refractivity contribution in [3.05, 3.63) is 34.0 Å². The fraction of sp³-hybridized carbons (Fsp3) is 0.100. The van der Waals surface area contributed by atoms with Crippen molar-refractivity contribution in [2.24, 2.45) is 0 Å². The highest BCUT2D eigenvalue weighted by Gasteiger charge is 2.13. The van der Waals surface area contributed by atoms with Crippen LogP contribution in [-0.4, -0.2) is 11.1 Å². The molecular formula is C10H5BrCl2O2. The molecule has 0 bridgehead atoms. The highest BCUT2D eigenvalue weighted by molar-refractivity contribution is 9.09. The number of rotatable bonds is 2. The molecule has 78 valence electrons. The SMILES string of the molecule is O=C(CBr)c1cc2c(Cl)cc(Cl)cc2o1. The van der Waals surface area contributed by atoms with Crippen LogP contribution in [0.25, 0.3) is 11.0 Å². The second-order valence-electron chi connectivity index (χ2n) is 2.97. The van der Waals surface area contributed by atoms with E-state index < -0.39 is 0 Å². The summed E-state index contributed by atoms with van der Waals surface area (Å²) < 4.78 is 5.33. The third kappa shape index (κ3) is 2.05. The molecule has 5 heteroatoms. The maximum atomic E-state index is 11.4. The Bertz CT molecular complexity index is 533. The maximum Gasteiger partial charge on any atom is 0.208 e. The molecule has 0 aliphatic heterocycles. The summed E-state index contributed by atoms with van der Waals surface area (Å²) in [5.74, 6) is 0.157. The van der Waals surface area contributed by atoms with E-state index in [0.717, 1.165) is 0 Å². The summed E-state index contributed by atoms with van der Waals surface area (Å²) in [5, 5.41) is 1.89. The van der Waals surface area contributed by atoms with Gasteiger partial charge in [-0.25, -0.2) is 0 Å². The molecule has 0 amide bonds. The summed E-state index contributed by atoms with van der Waals surface area (Å²) in [6.45, 7) is 0. The minimum Gasteiger partial charge on any atom is -0.453 e. The quantitative estimate of drug-likeness (QED) is 0.611. The number of Topliss-reactive ketones (excluding diaryl/α,β-unsaturated/α-hetero) is 1. The van der Waals surface area contributed by atoms with E-state index in [1.807, 2.05) is 0 Å². The number of hydrogen-bond acceptors (Lipinski definition) is 2. The van der Waals surface area contributed by atoms with Gasteiger partial charge in [0.15, 0.2) is 5.76 Å². The Labute approximate surface area is 104 Å². The fourth-order valence-electron chi connectivity index (χ4n) is 1.27. The van der Waals surface area contributed by atoms with Crippen molar-refractivity contribution in [1.82, 2.24) is 0 Å². The van der Waals surface area contributed by atoms with Gasteiger partial charge in [-0.2, -0.15) is 0 Å². The number of hydrogen-bond donors (Lipinski definition) is 0. The molecule has 0 fully saturated rings. The lowest BCUT2D eigenvalue weighted by atomic mass is 10.2. The third-order valence-electron chi connectivity index (χ3n) is 1.95. The molecular weight excluding hydrogens is 303 g/mol. The number of benzene rings is 1. The zero-order valence-corrected chi connectivity index (χ0v) is 10.5. The van der Waals surface area contributed by atoms with Gasteiger partial charge < -0.3 is 4.42 Å². The monoisotopic (exact) mass is 306 g/mol. The number of furan rings is 1. The van der Waals surface area contributed by atoms with Crippen molar-refractivity contribution >= 4 is 55.9 Å². The Morgan fingerprint density at radius 1 is 1.33 bits per heavy atom. The molecule has 0 saturated heterocycles. The first-order valence-electron chi connectivity index (χ1n) is 4.09. The van der Waals surface area contributed by atoms with E-state index in [0.29, 0.717) is 21.0 Å². The van der Waals surface area contributed by atoms with Gasteiger partial charge in [-0.1, -0.05) is 39.1 Å². The number of halogens is 3. The van der Waals surface area contributed by atoms with E-state index in [2.05, 4.69) is 15.9 Å². The normalized spacial score (nSPS) is 10.9. The van der Waals surface area contributed by atoms with Gasteiger partial charge >= 0.3 is 0 Å². The van der Waals surface area contributed by atoms with E-state index in [4.69, 9.17) is 27.6 Å². The maximum absolute atomic E-state index is 11.4. The summed E-state index contributed by atoms with van der Waals surface area (Å²) in [5.41, 5.74) is 0.525. The molecule has 0 saturated carbocycles. The van der Waals surface area contributed by atoms with Crippen molar-refractivity contribution in [1.29, 1.82) is 0 Å². The van der Waals surface area contributed by atoms with Crippen LogP contribution >= 0.6 is 39.1 Å². The molecule has 0 atom stereocenters. The predicted molar refractivity (Wildman–Crippen MR) is 64.4 cm³/mol. The highest BCUT2D eigenvalue weighted by Crippen LogP contribution is 2.30. The Kier molecular flexibility index (Phi) is 3.05. The Morgan fingerprint density at radius 2 is 2.07 bits per heavy atom. The van der Waals surface area contributed by atoms with Gasteiger partial charge in [0.1, 0.15) is 5.58 Å². The van der Waals surface area contributed by atoms with Crippen LogP contribution in [0.4, 0.5) is 0 Å². The van der Waals surface area contributed by atoms with Gasteiger partial charge in [0.25, 0.3) is 0 Å². The second-order valence-corrected chi connectivity index (χ2v) is 4.37. The first-order valence-corrected chi connectivity index (χ1v) is 5.97. The van der Waals surface area contributed by atoms with Crippen LogP contribution < -0.4 is 0 Å². The van der Waals surface area contributed by atoms with Crippen LogP contribution in [0.3, 0.4) is 0 Å². The molecule has 2 nitrogen and oxygen atoms in total. The molecule has 0 spiro atoms. The molecule has 15 heavy (non-hydrogen) atoms. The van der Waals surface area contributed by atoms with Crippen molar-refractivity contribution in [3.8, 4) is 0 Å². The summed E-state index contributed by atoms with van der Waals surface area (Å²) >= 11 is 14.8. The standard InChI is InChI=1S/C10H5BrCl2O2/c11-4-8(14)10-3-6-7(13)1-5(12)2-9(6)15-10/h1-3H,4H2. The van der Waals surface area contributed by atoms with E-state index in [9.17, 15) is 4.79 Å². The Morgan fingerprint density at radius 3 is 2.73 bits per heavy atom. The average molecular weight is 308 g/mol. The largest absolute Gasteiger partial charge is 0.453 e. The fourth-order valence-corrected chi connectivity index (χ4v) is 2.07. The average Bonchev–Trinajstić information content (AvgIpc) is 2.60. The summed E-state index contributed by atoms with van der Waals surface area (Å²) in [7, 11) is 0. The lowest BCUT2D eigenvalue weighted by Crippen LogP contribution is -1.96. The molecule has 0 unspecified atom stereocenters. The van der Waals surface area contributed by atoms with Crippen molar-refractivity contribution in [2.45, 2.75) is 0 Å². The van der Waals surface area contributed by atoms with Crippen LogP contribution in [0.1, 0.15) is 10.6 Å². The number of fused-ring (bicyclic) bond motifs is 1. The molecule has 1 heterocycles. The summed E-state index contributed by atoms with van der Waals surface area (Å²) in [6.07, 6.45) is 0. The summed E-state index contributed by atoms with van der Waals surface area (Å²) in [4.78, 5) is 11.4. The van der Waals surface area contributed by atoms with Gasteiger partial charge in [-0.3, -0.25) is 4.79 Å². The molecule has 0 radical (unpaired) electrons. The number of ketones is 1. The van der Waals surface area contributed by atoms with Gasteiger partial charge in [-0.15, -0.1) is 0 Å². The molecule has 0 aliphatic rings. The number of carbonyl (C=O) groups is 1. The lowest BCUT2D eigenvalue weighted by molar-refractivity contribution is 0.0995. The van der Waals surface area contributed by atoms with Gasteiger partial charge in [0.05, 0.1) is 10.4 Å². The lowest BCUT2D eigenvalue weighted by Gasteiger charge is -1.92. The molecule has 2 aromatic rings. The number of alkyl halides is 1. The Hall–Kier alpha value is -0.510. The van der Waals surface area contributed by atoms with Crippen LogP contribution in [0.15, 0.2) is 22.6 Å². The van der Waals surface area contributed by atoms with Crippen molar-refractivity contribution in [3.63, 3.8) is 0 Å². The van der Waals surface area contributed by atoms with E-state index in [1.165, 1.54) is 0 Å². The van der Waals surface area contributed by atoms with Crippen molar-refractivity contribution in [2.75, 3.05) is 5.33 Å². The van der Waals surface area contributed by atoms with Gasteiger partial charge in [0, 0.05) is 16.5 Å².